The van der Waals surface area contributed by atoms with Crippen LogP contribution in [0.25, 0.3) is 11.5 Å². The Morgan fingerprint density at radius 1 is 1.21 bits per heavy atom. The van der Waals surface area contributed by atoms with Crippen molar-refractivity contribution in [3.8, 4) is 23.0 Å². The lowest BCUT2D eigenvalue weighted by Gasteiger charge is -2.05. The molecule has 2 N–H and O–H groups in total. The minimum absolute atomic E-state index is 0.218. The maximum absolute atomic E-state index is 5.86. The first-order valence-corrected chi connectivity index (χ1v) is 6.00. The van der Waals surface area contributed by atoms with Crippen LogP contribution in [-0.4, -0.2) is 24.4 Å². The van der Waals surface area contributed by atoms with E-state index in [0.29, 0.717) is 23.2 Å². The Balaban J connectivity index is 2.37. The second kappa shape index (κ2) is 5.71. The number of hydrogen-bond donors (Lipinski definition) is 1. The van der Waals surface area contributed by atoms with Gasteiger partial charge in [0.25, 0.3) is 5.89 Å². The van der Waals surface area contributed by atoms with Crippen molar-refractivity contribution in [2.75, 3.05) is 14.2 Å². The third-order valence-electron chi connectivity index (χ3n) is 2.81. The molecule has 0 saturated heterocycles. The molecule has 1 aromatic carbocycles. The monoisotopic (exact) mass is 263 g/mol. The van der Waals surface area contributed by atoms with E-state index in [4.69, 9.17) is 19.7 Å². The van der Waals surface area contributed by atoms with Crippen LogP contribution in [0.15, 0.2) is 22.7 Å². The van der Waals surface area contributed by atoms with Crippen molar-refractivity contribution in [2.45, 2.75) is 19.4 Å². The molecule has 6 heteroatoms. The highest BCUT2D eigenvalue weighted by molar-refractivity contribution is 5.59. The zero-order chi connectivity index (χ0) is 13.8. The molecule has 0 aliphatic rings. The summed E-state index contributed by atoms with van der Waals surface area (Å²) in [6, 6.07) is 5.16. The number of ether oxygens (including phenoxy) is 2. The maximum atomic E-state index is 5.86. The summed E-state index contributed by atoms with van der Waals surface area (Å²) >= 11 is 0. The third-order valence-corrected chi connectivity index (χ3v) is 2.81. The first-order chi connectivity index (χ1) is 9.17. The molecule has 19 heavy (non-hydrogen) atoms. The van der Waals surface area contributed by atoms with Gasteiger partial charge >= 0.3 is 0 Å². The van der Waals surface area contributed by atoms with Crippen LogP contribution in [-0.2, 0) is 0 Å². The number of hydrogen-bond acceptors (Lipinski definition) is 6. The summed E-state index contributed by atoms with van der Waals surface area (Å²) in [5.41, 5.74) is 6.60. The lowest BCUT2D eigenvalue weighted by Crippen LogP contribution is -2.10. The van der Waals surface area contributed by atoms with Crippen molar-refractivity contribution in [1.29, 1.82) is 0 Å². The second-order valence-electron chi connectivity index (χ2n) is 4.07. The van der Waals surface area contributed by atoms with Gasteiger partial charge in [-0.05, 0) is 18.6 Å². The van der Waals surface area contributed by atoms with E-state index in [-0.39, 0.29) is 6.04 Å². The third kappa shape index (κ3) is 2.85. The van der Waals surface area contributed by atoms with E-state index in [1.165, 1.54) is 0 Å². The molecule has 2 rings (SSSR count). The highest BCUT2D eigenvalue weighted by atomic mass is 16.5. The first kappa shape index (κ1) is 13.4. The topological polar surface area (TPSA) is 83.4 Å². The summed E-state index contributed by atoms with van der Waals surface area (Å²) in [5.74, 6) is 2.22. The number of methoxy groups -OCH3 is 2. The minimum atomic E-state index is -0.218. The van der Waals surface area contributed by atoms with Gasteiger partial charge in [-0.15, -0.1) is 0 Å². The molecule has 0 bridgehead atoms. The van der Waals surface area contributed by atoms with Gasteiger partial charge in [0, 0.05) is 11.6 Å². The lowest BCUT2D eigenvalue weighted by atomic mass is 10.2. The Morgan fingerprint density at radius 2 is 1.84 bits per heavy atom. The summed E-state index contributed by atoms with van der Waals surface area (Å²) in [5, 5.41) is 3.88. The molecular formula is C13H17N3O3. The Bertz CT molecular complexity index is 532. The molecule has 2 aromatic rings. The molecule has 1 aromatic heterocycles. The molecule has 1 atom stereocenters. The minimum Gasteiger partial charge on any atom is -0.497 e. The molecule has 0 aliphatic carbocycles. The number of benzene rings is 1. The summed E-state index contributed by atoms with van der Waals surface area (Å²) in [4.78, 5) is 4.29. The van der Waals surface area contributed by atoms with Gasteiger partial charge in [0.15, 0.2) is 5.82 Å². The molecule has 102 valence electrons. The Kier molecular flexibility index (Phi) is 4.01. The van der Waals surface area contributed by atoms with E-state index in [1.807, 2.05) is 6.92 Å². The van der Waals surface area contributed by atoms with Crippen molar-refractivity contribution in [2.24, 2.45) is 5.73 Å². The van der Waals surface area contributed by atoms with Crippen molar-refractivity contribution >= 4 is 0 Å². The normalized spacial score (nSPS) is 12.2. The predicted octanol–water partition coefficient (Wildman–Crippen LogP) is 2.16. The predicted molar refractivity (Wildman–Crippen MR) is 70.1 cm³/mol. The van der Waals surface area contributed by atoms with Crippen LogP contribution in [0.4, 0.5) is 0 Å². The number of nitrogens with zero attached hydrogens (tertiary/aromatic N) is 2. The molecule has 0 fully saturated rings. The molecule has 1 unspecified atom stereocenters. The Labute approximate surface area is 111 Å². The van der Waals surface area contributed by atoms with Crippen molar-refractivity contribution in [3.05, 3.63) is 24.0 Å². The van der Waals surface area contributed by atoms with E-state index in [2.05, 4.69) is 10.1 Å². The summed E-state index contributed by atoms with van der Waals surface area (Å²) in [6.45, 7) is 1.97. The smallest absolute Gasteiger partial charge is 0.258 e. The van der Waals surface area contributed by atoms with Gasteiger partial charge in [-0.3, -0.25) is 0 Å². The standard InChI is InChI=1S/C13H17N3O3/c1-4-11(14)12-15-13(19-16-12)8-5-9(17-2)7-10(6-8)18-3/h5-7,11H,4,14H2,1-3H3. The molecule has 0 saturated carbocycles. The number of nitrogens with two attached hydrogens (primary N) is 1. The van der Waals surface area contributed by atoms with Crippen molar-refractivity contribution in [3.63, 3.8) is 0 Å². The molecule has 1 heterocycles. The molecule has 0 radical (unpaired) electrons. The van der Waals surface area contributed by atoms with Gasteiger partial charge < -0.3 is 19.7 Å². The van der Waals surface area contributed by atoms with Crippen LogP contribution in [0.1, 0.15) is 25.2 Å². The average molecular weight is 263 g/mol. The van der Waals surface area contributed by atoms with Crippen molar-refractivity contribution in [1.82, 2.24) is 10.1 Å². The molecule has 0 amide bonds. The fraction of sp³-hybridized carbons (Fsp3) is 0.385. The zero-order valence-electron chi connectivity index (χ0n) is 11.2. The van der Waals surface area contributed by atoms with Gasteiger partial charge in [0.1, 0.15) is 11.5 Å². The lowest BCUT2D eigenvalue weighted by molar-refractivity contribution is 0.392. The van der Waals surface area contributed by atoms with Gasteiger partial charge in [-0.25, -0.2) is 0 Å². The Hall–Kier alpha value is -2.08. The fourth-order valence-corrected chi connectivity index (χ4v) is 1.62. The van der Waals surface area contributed by atoms with Crippen LogP contribution in [0.3, 0.4) is 0 Å². The molecule has 6 nitrogen and oxygen atoms in total. The van der Waals surface area contributed by atoms with E-state index in [1.54, 1.807) is 32.4 Å². The summed E-state index contributed by atoms with van der Waals surface area (Å²) in [6.07, 6.45) is 0.750. The average Bonchev–Trinajstić information content (AvgIpc) is 2.95. The molecule has 0 spiro atoms. The van der Waals surface area contributed by atoms with Crippen LogP contribution < -0.4 is 15.2 Å². The van der Waals surface area contributed by atoms with Crippen LogP contribution >= 0.6 is 0 Å². The molecular weight excluding hydrogens is 246 g/mol. The van der Waals surface area contributed by atoms with Crippen LogP contribution in [0.2, 0.25) is 0 Å². The SMILES string of the molecule is CCC(N)c1noc(-c2cc(OC)cc(OC)c2)n1. The largest absolute Gasteiger partial charge is 0.497 e. The van der Waals surface area contributed by atoms with E-state index in [0.717, 1.165) is 12.0 Å². The highest BCUT2D eigenvalue weighted by Gasteiger charge is 2.15. The second-order valence-corrected chi connectivity index (χ2v) is 4.07. The van der Waals surface area contributed by atoms with Gasteiger partial charge in [0.2, 0.25) is 0 Å². The van der Waals surface area contributed by atoms with E-state index >= 15 is 0 Å². The first-order valence-electron chi connectivity index (χ1n) is 6.00. The maximum Gasteiger partial charge on any atom is 0.258 e. The van der Waals surface area contributed by atoms with Gasteiger partial charge in [-0.1, -0.05) is 12.1 Å². The van der Waals surface area contributed by atoms with E-state index < -0.39 is 0 Å². The highest BCUT2D eigenvalue weighted by Crippen LogP contribution is 2.29. The van der Waals surface area contributed by atoms with Crippen LogP contribution in [0.5, 0.6) is 11.5 Å². The van der Waals surface area contributed by atoms with E-state index in [9.17, 15) is 0 Å². The number of aromatic nitrogens is 2. The van der Waals surface area contributed by atoms with Gasteiger partial charge in [-0.2, -0.15) is 4.98 Å². The van der Waals surface area contributed by atoms with Crippen LogP contribution in [0, 0.1) is 0 Å². The summed E-state index contributed by atoms with van der Waals surface area (Å²) < 4.78 is 15.6. The molecule has 0 aliphatic heterocycles. The van der Waals surface area contributed by atoms with Crippen molar-refractivity contribution < 1.29 is 14.0 Å². The Morgan fingerprint density at radius 3 is 2.37 bits per heavy atom. The fourth-order valence-electron chi connectivity index (χ4n) is 1.62. The van der Waals surface area contributed by atoms with Gasteiger partial charge in [0.05, 0.1) is 20.3 Å². The quantitative estimate of drug-likeness (QED) is 0.890. The summed E-state index contributed by atoms with van der Waals surface area (Å²) in [7, 11) is 3.18. The number of rotatable bonds is 5. The zero-order valence-corrected chi connectivity index (χ0v) is 11.2.